The number of methoxy groups -OCH3 is 2. The molecule has 0 aliphatic carbocycles. The molecular formula is C16H16O3. The SMILES string of the molecule is COc1ccc(OC)c(-c2cccc(C(C)=O)c2)c1. The van der Waals surface area contributed by atoms with E-state index in [2.05, 4.69) is 0 Å². The normalized spacial score (nSPS) is 10.1. The minimum absolute atomic E-state index is 0.0451. The lowest BCUT2D eigenvalue weighted by Crippen LogP contribution is -1.94. The summed E-state index contributed by atoms with van der Waals surface area (Å²) in [6.07, 6.45) is 0. The largest absolute Gasteiger partial charge is 0.497 e. The zero-order valence-electron chi connectivity index (χ0n) is 11.3. The fourth-order valence-corrected chi connectivity index (χ4v) is 1.95. The molecule has 0 unspecified atom stereocenters. The highest BCUT2D eigenvalue weighted by molar-refractivity contribution is 5.95. The van der Waals surface area contributed by atoms with E-state index in [1.165, 1.54) is 0 Å². The molecule has 0 aromatic heterocycles. The lowest BCUT2D eigenvalue weighted by Gasteiger charge is -2.11. The Hall–Kier alpha value is -2.29. The third-order valence-corrected chi connectivity index (χ3v) is 2.99. The highest BCUT2D eigenvalue weighted by Gasteiger charge is 2.09. The predicted octanol–water partition coefficient (Wildman–Crippen LogP) is 3.57. The zero-order valence-corrected chi connectivity index (χ0v) is 11.3. The molecule has 2 rings (SSSR count). The third-order valence-electron chi connectivity index (χ3n) is 2.99. The van der Waals surface area contributed by atoms with E-state index >= 15 is 0 Å². The van der Waals surface area contributed by atoms with Gasteiger partial charge in [-0.3, -0.25) is 4.79 Å². The summed E-state index contributed by atoms with van der Waals surface area (Å²) in [5.74, 6) is 1.55. The van der Waals surface area contributed by atoms with E-state index in [0.29, 0.717) is 5.56 Å². The van der Waals surface area contributed by atoms with Crippen molar-refractivity contribution in [1.29, 1.82) is 0 Å². The first-order chi connectivity index (χ1) is 9.15. The first-order valence-electron chi connectivity index (χ1n) is 5.99. The van der Waals surface area contributed by atoms with Crippen molar-refractivity contribution in [3.8, 4) is 22.6 Å². The van der Waals surface area contributed by atoms with Crippen LogP contribution in [0.1, 0.15) is 17.3 Å². The maximum Gasteiger partial charge on any atom is 0.159 e. The number of ether oxygens (including phenoxy) is 2. The van der Waals surface area contributed by atoms with Crippen molar-refractivity contribution in [2.75, 3.05) is 14.2 Å². The number of hydrogen-bond acceptors (Lipinski definition) is 3. The van der Waals surface area contributed by atoms with E-state index in [-0.39, 0.29) is 5.78 Å². The third kappa shape index (κ3) is 2.76. The van der Waals surface area contributed by atoms with E-state index < -0.39 is 0 Å². The molecule has 0 bridgehead atoms. The minimum atomic E-state index is 0.0451. The van der Waals surface area contributed by atoms with Crippen LogP contribution in [0.25, 0.3) is 11.1 Å². The molecule has 0 amide bonds. The summed E-state index contributed by atoms with van der Waals surface area (Å²) in [6, 6.07) is 13.1. The monoisotopic (exact) mass is 256 g/mol. The molecule has 0 saturated carbocycles. The van der Waals surface area contributed by atoms with Gasteiger partial charge in [-0.15, -0.1) is 0 Å². The van der Waals surface area contributed by atoms with Gasteiger partial charge in [0.25, 0.3) is 0 Å². The molecule has 0 aliphatic heterocycles. The maximum absolute atomic E-state index is 11.5. The van der Waals surface area contributed by atoms with Crippen molar-refractivity contribution in [1.82, 2.24) is 0 Å². The highest BCUT2D eigenvalue weighted by atomic mass is 16.5. The first-order valence-corrected chi connectivity index (χ1v) is 5.99. The second kappa shape index (κ2) is 5.57. The maximum atomic E-state index is 11.5. The number of rotatable bonds is 4. The van der Waals surface area contributed by atoms with Gasteiger partial charge in [-0.05, 0) is 36.8 Å². The second-order valence-corrected chi connectivity index (χ2v) is 4.20. The lowest BCUT2D eigenvalue weighted by molar-refractivity contribution is 0.101. The standard InChI is InChI=1S/C16H16O3/c1-11(17)12-5-4-6-13(9-12)15-10-14(18-2)7-8-16(15)19-3/h4-10H,1-3H3. The van der Waals surface area contributed by atoms with Crippen LogP contribution in [0.15, 0.2) is 42.5 Å². The summed E-state index contributed by atoms with van der Waals surface area (Å²) in [6.45, 7) is 1.56. The van der Waals surface area contributed by atoms with Gasteiger partial charge >= 0.3 is 0 Å². The molecule has 19 heavy (non-hydrogen) atoms. The topological polar surface area (TPSA) is 35.5 Å². The summed E-state index contributed by atoms with van der Waals surface area (Å²) in [5, 5.41) is 0. The Kier molecular flexibility index (Phi) is 3.85. The number of ketones is 1. The number of hydrogen-bond donors (Lipinski definition) is 0. The molecule has 0 fully saturated rings. The quantitative estimate of drug-likeness (QED) is 0.784. The van der Waals surface area contributed by atoms with Crippen molar-refractivity contribution in [3.05, 3.63) is 48.0 Å². The average molecular weight is 256 g/mol. The minimum Gasteiger partial charge on any atom is -0.497 e. The van der Waals surface area contributed by atoms with Crippen LogP contribution in [-0.2, 0) is 0 Å². The Bertz CT molecular complexity index is 603. The molecule has 0 saturated heterocycles. The zero-order chi connectivity index (χ0) is 13.8. The molecule has 98 valence electrons. The van der Waals surface area contributed by atoms with Crippen molar-refractivity contribution >= 4 is 5.78 Å². The van der Waals surface area contributed by atoms with Crippen LogP contribution >= 0.6 is 0 Å². The van der Waals surface area contributed by atoms with E-state index in [0.717, 1.165) is 22.6 Å². The Morgan fingerprint density at radius 3 is 2.42 bits per heavy atom. The van der Waals surface area contributed by atoms with E-state index in [1.807, 2.05) is 36.4 Å². The molecule has 0 N–H and O–H groups in total. The molecule has 0 spiro atoms. The van der Waals surface area contributed by atoms with Gasteiger partial charge in [-0.1, -0.05) is 18.2 Å². The molecular weight excluding hydrogens is 240 g/mol. The molecule has 0 aliphatic rings. The molecule has 0 atom stereocenters. The first kappa shape index (κ1) is 13.1. The molecule has 3 heteroatoms. The Balaban J connectivity index is 2.56. The van der Waals surface area contributed by atoms with Crippen LogP contribution in [0.5, 0.6) is 11.5 Å². The lowest BCUT2D eigenvalue weighted by atomic mass is 10.0. The fraction of sp³-hybridized carbons (Fsp3) is 0.188. The van der Waals surface area contributed by atoms with Crippen LogP contribution in [-0.4, -0.2) is 20.0 Å². The number of carbonyl (C=O) groups excluding carboxylic acids is 1. The van der Waals surface area contributed by atoms with Crippen molar-refractivity contribution in [2.24, 2.45) is 0 Å². The van der Waals surface area contributed by atoms with Gasteiger partial charge in [0.15, 0.2) is 5.78 Å². The van der Waals surface area contributed by atoms with Crippen LogP contribution < -0.4 is 9.47 Å². The summed E-state index contributed by atoms with van der Waals surface area (Å²) >= 11 is 0. The molecule has 2 aromatic rings. The number of Topliss-reactive ketones (excluding diaryl/α,β-unsaturated/α-hetero) is 1. The van der Waals surface area contributed by atoms with Gasteiger partial charge in [-0.2, -0.15) is 0 Å². The van der Waals surface area contributed by atoms with Crippen molar-refractivity contribution < 1.29 is 14.3 Å². The smallest absolute Gasteiger partial charge is 0.159 e. The van der Waals surface area contributed by atoms with Gasteiger partial charge in [-0.25, -0.2) is 0 Å². The Labute approximate surface area is 112 Å². The summed E-state index contributed by atoms with van der Waals surface area (Å²) < 4.78 is 10.6. The second-order valence-electron chi connectivity index (χ2n) is 4.20. The van der Waals surface area contributed by atoms with Gasteiger partial charge in [0.1, 0.15) is 11.5 Å². The molecule has 0 radical (unpaired) electrons. The van der Waals surface area contributed by atoms with E-state index in [1.54, 1.807) is 27.2 Å². The van der Waals surface area contributed by atoms with Gasteiger partial charge in [0, 0.05) is 11.1 Å². The number of benzene rings is 2. The highest BCUT2D eigenvalue weighted by Crippen LogP contribution is 2.33. The summed E-state index contributed by atoms with van der Waals surface area (Å²) in [7, 11) is 3.25. The van der Waals surface area contributed by atoms with Crippen molar-refractivity contribution in [2.45, 2.75) is 6.92 Å². The van der Waals surface area contributed by atoms with Crippen LogP contribution in [0, 0.1) is 0 Å². The van der Waals surface area contributed by atoms with Crippen LogP contribution in [0.3, 0.4) is 0 Å². The summed E-state index contributed by atoms with van der Waals surface area (Å²) in [4.78, 5) is 11.5. The summed E-state index contributed by atoms with van der Waals surface area (Å²) in [5.41, 5.74) is 2.52. The van der Waals surface area contributed by atoms with Crippen molar-refractivity contribution in [3.63, 3.8) is 0 Å². The Morgan fingerprint density at radius 2 is 1.79 bits per heavy atom. The van der Waals surface area contributed by atoms with Gasteiger partial charge in [0.2, 0.25) is 0 Å². The number of carbonyl (C=O) groups is 1. The fourth-order valence-electron chi connectivity index (χ4n) is 1.95. The molecule has 0 heterocycles. The van der Waals surface area contributed by atoms with Crippen LogP contribution in [0.4, 0.5) is 0 Å². The average Bonchev–Trinajstić information content (AvgIpc) is 2.46. The molecule has 3 nitrogen and oxygen atoms in total. The van der Waals surface area contributed by atoms with E-state index in [9.17, 15) is 4.79 Å². The van der Waals surface area contributed by atoms with E-state index in [4.69, 9.17) is 9.47 Å². The van der Waals surface area contributed by atoms with Crippen LogP contribution in [0.2, 0.25) is 0 Å². The van der Waals surface area contributed by atoms with Gasteiger partial charge in [0.05, 0.1) is 14.2 Å². The Morgan fingerprint density at radius 1 is 1.00 bits per heavy atom. The van der Waals surface area contributed by atoms with Gasteiger partial charge < -0.3 is 9.47 Å². The predicted molar refractivity (Wildman–Crippen MR) is 75.0 cm³/mol. The molecule has 2 aromatic carbocycles.